The number of rotatable bonds is 6. The van der Waals surface area contributed by atoms with Gasteiger partial charge < -0.3 is 13.3 Å². The van der Waals surface area contributed by atoms with Gasteiger partial charge in [-0.2, -0.15) is 0 Å². The standard InChI is InChI=1S/C46H30N2O3S/c1-27-41-42(50-43(27)45-47-37-23-33(29-15-7-3-8-16-29)35(25-39(37)49-45)31-19-11-5-12-20-31)28(2)44(51-41)46-48-38-24-34(30-17-9-4-10-18-30)36(26-40(38)52-46)32-21-13-6-14-22-32/h3-26H,1-2H3. The van der Waals surface area contributed by atoms with Crippen LogP contribution in [0, 0.1) is 13.8 Å². The number of nitrogens with zero attached hydrogens (tertiary/aromatic N) is 2. The fourth-order valence-electron chi connectivity index (χ4n) is 7.13. The van der Waals surface area contributed by atoms with E-state index in [4.69, 9.17) is 23.2 Å². The highest BCUT2D eigenvalue weighted by Gasteiger charge is 2.27. The number of oxazole rings is 1. The van der Waals surface area contributed by atoms with Crippen LogP contribution in [0.1, 0.15) is 11.1 Å². The Morgan fingerprint density at radius 3 is 1.42 bits per heavy atom. The van der Waals surface area contributed by atoms with Gasteiger partial charge in [-0.25, -0.2) is 9.97 Å². The number of fused-ring (bicyclic) bond motifs is 3. The zero-order valence-corrected chi connectivity index (χ0v) is 29.2. The van der Waals surface area contributed by atoms with Crippen molar-refractivity contribution in [3.8, 4) is 66.9 Å². The van der Waals surface area contributed by atoms with Crippen molar-refractivity contribution in [2.75, 3.05) is 0 Å². The van der Waals surface area contributed by atoms with E-state index in [1.165, 1.54) is 11.1 Å². The molecule has 0 amide bonds. The molecule has 0 N–H and O–H groups in total. The van der Waals surface area contributed by atoms with Crippen molar-refractivity contribution < 1.29 is 13.3 Å². The normalized spacial score (nSPS) is 11.7. The molecule has 10 rings (SSSR count). The van der Waals surface area contributed by atoms with Crippen LogP contribution in [0.2, 0.25) is 0 Å². The molecule has 0 saturated carbocycles. The maximum absolute atomic E-state index is 6.59. The second-order valence-electron chi connectivity index (χ2n) is 13.0. The summed E-state index contributed by atoms with van der Waals surface area (Å²) in [6.45, 7) is 4.01. The van der Waals surface area contributed by atoms with E-state index in [0.29, 0.717) is 34.2 Å². The first kappa shape index (κ1) is 30.3. The van der Waals surface area contributed by atoms with Crippen LogP contribution in [0.4, 0.5) is 0 Å². The summed E-state index contributed by atoms with van der Waals surface area (Å²) >= 11 is 1.63. The van der Waals surface area contributed by atoms with E-state index in [0.717, 1.165) is 65.2 Å². The Hall–Kier alpha value is -6.50. The molecule has 0 aliphatic rings. The lowest BCUT2D eigenvalue weighted by Crippen LogP contribution is -1.86. The van der Waals surface area contributed by atoms with E-state index in [9.17, 15) is 0 Å². The summed E-state index contributed by atoms with van der Waals surface area (Å²) < 4.78 is 20.6. The Bertz CT molecular complexity index is 2550. The minimum atomic E-state index is 0.422. The van der Waals surface area contributed by atoms with Gasteiger partial charge in [-0.05, 0) is 82.6 Å². The van der Waals surface area contributed by atoms with Crippen molar-refractivity contribution in [3.63, 3.8) is 0 Å². The molecule has 52 heavy (non-hydrogen) atoms. The molecular formula is C46H30N2O3S. The molecule has 0 aliphatic heterocycles. The molecule has 6 aromatic carbocycles. The molecule has 0 radical (unpaired) electrons. The largest absolute Gasteiger partial charge is 0.449 e. The van der Waals surface area contributed by atoms with Crippen LogP contribution >= 0.6 is 11.3 Å². The van der Waals surface area contributed by atoms with Crippen LogP contribution in [0.25, 0.3) is 99.4 Å². The first-order valence-electron chi connectivity index (χ1n) is 17.2. The molecule has 0 fully saturated rings. The molecule has 6 heteroatoms. The quantitative estimate of drug-likeness (QED) is 0.174. The van der Waals surface area contributed by atoms with Crippen molar-refractivity contribution in [1.29, 1.82) is 0 Å². The van der Waals surface area contributed by atoms with E-state index in [-0.39, 0.29) is 0 Å². The van der Waals surface area contributed by atoms with Crippen LogP contribution in [-0.4, -0.2) is 9.97 Å². The molecule has 0 spiro atoms. The van der Waals surface area contributed by atoms with Crippen LogP contribution in [0.15, 0.2) is 159 Å². The van der Waals surface area contributed by atoms with Crippen LogP contribution in [0.5, 0.6) is 0 Å². The van der Waals surface area contributed by atoms with Gasteiger partial charge in [0.25, 0.3) is 5.89 Å². The summed E-state index contributed by atoms with van der Waals surface area (Å²) in [5.74, 6) is 1.70. The van der Waals surface area contributed by atoms with Crippen LogP contribution in [0.3, 0.4) is 0 Å². The van der Waals surface area contributed by atoms with Gasteiger partial charge >= 0.3 is 0 Å². The van der Waals surface area contributed by atoms with Gasteiger partial charge in [0.15, 0.2) is 33.3 Å². The van der Waals surface area contributed by atoms with Crippen molar-refractivity contribution in [2.24, 2.45) is 0 Å². The van der Waals surface area contributed by atoms with Crippen molar-refractivity contribution in [2.45, 2.75) is 13.8 Å². The fourth-order valence-corrected chi connectivity index (χ4v) is 8.15. The zero-order chi connectivity index (χ0) is 34.8. The molecule has 0 bridgehead atoms. The minimum absolute atomic E-state index is 0.422. The molecule has 0 saturated heterocycles. The van der Waals surface area contributed by atoms with Crippen LogP contribution < -0.4 is 0 Å². The second-order valence-corrected chi connectivity index (χ2v) is 14.0. The van der Waals surface area contributed by atoms with Crippen molar-refractivity contribution in [3.05, 3.63) is 157 Å². The van der Waals surface area contributed by atoms with E-state index in [1.807, 2.05) is 38.1 Å². The first-order valence-corrected chi connectivity index (χ1v) is 18.0. The molecule has 248 valence electrons. The first-order chi connectivity index (χ1) is 25.6. The molecule has 5 nitrogen and oxygen atoms in total. The maximum atomic E-state index is 6.59. The summed E-state index contributed by atoms with van der Waals surface area (Å²) in [5, 5.41) is 0.813. The lowest BCUT2D eigenvalue weighted by Gasteiger charge is -2.10. The number of benzene rings is 6. The average Bonchev–Trinajstić information content (AvgIpc) is 3.97. The number of aryl methyl sites for hydroxylation is 2. The number of furan rings is 2. The van der Waals surface area contributed by atoms with Gasteiger partial charge in [0, 0.05) is 11.1 Å². The third-order valence-corrected chi connectivity index (χ3v) is 10.8. The van der Waals surface area contributed by atoms with Gasteiger partial charge in [0.1, 0.15) is 5.52 Å². The molecular weight excluding hydrogens is 661 g/mol. The maximum Gasteiger partial charge on any atom is 0.264 e. The third-order valence-electron chi connectivity index (χ3n) is 9.76. The van der Waals surface area contributed by atoms with Gasteiger partial charge in [0.2, 0.25) is 0 Å². The monoisotopic (exact) mass is 690 g/mol. The summed E-state index contributed by atoms with van der Waals surface area (Å²) in [7, 11) is 0. The predicted octanol–water partition coefficient (Wildman–Crippen LogP) is 13.4. The molecule has 4 heterocycles. The number of hydrogen-bond donors (Lipinski definition) is 0. The number of hydrogen-bond acceptors (Lipinski definition) is 6. The molecule has 0 atom stereocenters. The summed E-state index contributed by atoms with van der Waals surface area (Å²) in [6, 6.07) is 50.4. The lowest BCUT2D eigenvalue weighted by molar-refractivity contribution is 0.557. The minimum Gasteiger partial charge on any atom is -0.449 e. The second kappa shape index (κ2) is 12.1. The summed E-state index contributed by atoms with van der Waals surface area (Å²) in [4.78, 5) is 10.0. The van der Waals surface area contributed by atoms with Crippen LogP contribution in [-0.2, 0) is 0 Å². The Kier molecular flexibility index (Phi) is 7.05. The van der Waals surface area contributed by atoms with Gasteiger partial charge in [-0.1, -0.05) is 121 Å². The molecule has 4 aromatic heterocycles. The Morgan fingerprint density at radius 2 is 0.885 bits per heavy atom. The summed E-state index contributed by atoms with van der Waals surface area (Å²) in [5.41, 5.74) is 14.5. The van der Waals surface area contributed by atoms with E-state index < -0.39 is 0 Å². The number of aromatic nitrogens is 2. The van der Waals surface area contributed by atoms with Crippen molar-refractivity contribution in [1.82, 2.24) is 9.97 Å². The Balaban J connectivity index is 1.06. The smallest absolute Gasteiger partial charge is 0.264 e. The van der Waals surface area contributed by atoms with E-state index in [2.05, 4.69) is 121 Å². The van der Waals surface area contributed by atoms with Gasteiger partial charge in [0.05, 0.1) is 10.2 Å². The molecule has 10 aromatic rings. The topological polar surface area (TPSA) is 65.2 Å². The third kappa shape index (κ3) is 4.99. The Labute approximate surface area is 303 Å². The highest BCUT2D eigenvalue weighted by atomic mass is 32.1. The molecule has 0 aliphatic carbocycles. The zero-order valence-electron chi connectivity index (χ0n) is 28.4. The van der Waals surface area contributed by atoms with Gasteiger partial charge in [-0.3, -0.25) is 0 Å². The fraction of sp³-hybridized carbons (Fsp3) is 0.0435. The Morgan fingerprint density at radius 1 is 0.442 bits per heavy atom. The van der Waals surface area contributed by atoms with Crippen molar-refractivity contribution >= 4 is 43.8 Å². The van der Waals surface area contributed by atoms with Gasteiger partial charge in [-0.15, -0.1) is 11.3 Å². The number of thiazole rings is 1. The molecule has 0 unspecified atom stereocenters. The SMILES string of the molecule is Cc1c(-c2nc3cc(-c4ccccc4)c(-c4ccccc4)cc3o2)oc2c(C)c(-c3nc4cc(-c5ccccc5)c(-c5ccccc5)cc4s3)oc12. The highest BCUT2D eigenvalue weighted by Crippen LogP contribution is 2.45. The van der Waals surface area contributed by atoms with E-state index >= 15 is 0 Å². The lowest BCUT2D eigenvalue weighted by atomic mass is 9.94. The predicted molar refractivity (Wildman–Crippen MR) is 211 cm³/mol. The highest BCUT2D eigenvalue weighted by molar-refractivity contribution is 7.21. The summed E-state index contributed by atoms with van der Waals surface area (Å²) in [6.07, 6.45) is 0. The average molecular weight is 691 g/mol. The van der Waals surface area contributed by atoms with E-state index in [1.54, 1.807) is 11.3 Å².